The van der Waals surface area contributed by atoms with Gasteiger partial charge in [-0.2, -0.15) is 0 Å². The number of halogens is 2. The molecule has 1 aliphatic rings. The molecule has 1 saturated carbocycles. The zero-order valence-corrected chi connectivity index (χ0v) is 15.9. The summed E-state index contributed by atoms with van der Waals surface area (Å²) < 4.78 is 6.68. The maximum absolute atomic E-state index is 12.0. The van der Waals surface area contributed by atoms with Crippen LogP contribution in [0.25, 0.3) is 0 Å². The molecule has 1 unspecified atom stereocenters. The summed E-state index contributed by atoms with van der Waals surface area (Å²) in [6, 6.07) is 7.76. The van der Waals surface area contributed by atoms with Gasteiger partial charge in [0.05, 0.1) is 12.1 Å². The van der Waals surface area contributed by atoms with Crippen LogP contribution >= 0.6 is 28.3 Å². The molecule has 1 fully saturated rings. The van der Waals surface area contributed by atoms with Gasteiger partial charge in [-0.3, -0.25) is 4.79 Å². The van der Waals surface area contributed by atoms with Gasteiger partial charge >= 0.3 is 0 Å². The number of nitrogens with two attached hydrogens (primary N) is 1. The Morgan fingerprint density at radius 3 is 2.57 bits per heavy atom. The molecule has 1 amide bonds. The monoisotopic (exact) mass is 404 g/mol. The van der Waals surface area contributed by atoms with Crippen LogP contribution in [0.4, 0.5) is 0 Å². The van der Waals surface area contributed by atoms with Crippen LogP contribution in [0.2, 0.25) is 0 Å². The molecule has 2 rings (SSSR count). The second-order valence-corrected chi connectivity index (χ2v) is 7.12. The molecule has 0 heterocycles. The summed E-state index contributed by atoms with van der Waals surface area (Å²) in [5, 5.41) is 3.11. The number of hydrogen-bond donors (Lipinski definition) is 2. The summed E-state index contributed by atoms with van der Waals surface area (Å²) >= 11 is 3.39. The predicted molar refractivity (Wildman–Crippen MR) is 99.1 cm³/mol. The van der Waals surface area contributed by atoms with Crippen LogP contribution in [0.5, 0.6) is 5.75 Å². The Balaban J connectivity index is 0.00000264. The quantitative estimate of drug-likeness (QED) is 0.616. The van der Waals surface area contributed by atoms with Gasteiger partial charge in [0.2, 0.25) is 5.91 Å². The highest BCUT2D eigenvalue weighted by atomic mass is 79.9. The number of ether oxygens (including phenoxy) is 1. The fraction of sp³-hybridized carbons (Fsp3) is 0.588. The van der Waals surface area contributed by atoms with Gasteiger partial charge in [0.25, 0.3) is 0 Å². The van der Waals surface area contributed by atoms with Crippen LogP contribution in [0.15, 0.2) is 28.7 Å². The highest BCUT2D eigenvalue weighted by molar-refractivity contribution is 9.10. The smallest absolute Gasteiger partial charge is 0.220 e. The van der Waals surface area contributed by atoms with Gasteiger partial charge in [-0.05, 0) is 62.8 Å². The fourth-order valence-electron chi connectivity index (χ4n) is 2.53. The molecule has 0 aliphatic heterocycles. The van der Waals surface area contributed by atoms with E-state index in [-0.39, 0.29) is 23.9 Å². The summed E-state index contributed by atoms with van der Waals surface area (Å²) in [5.74, 6) is 1.52. The molecule has 130 valence electrons. The molecule has 4 nitrogen and oxygen atoms in total. The number of unbranched alkanes of at least 4 members (excludes halogenated alkanes) is 1. The van der Waals surface area contributed by atoms with Crippen LogP contribution in [-0.2, 0) is 4.79 Å². The van der Waals surface area contributed by atoms with Crippen molar-refractivity contribution in [1.82, 2.24) is 5.32 Å². The molecule has 1 aromatic carbocycles. The van der Waals surface area contributed by atoms with Gasteiger partial charge in [-0.15, -0.1) is 12.4 Å². The van der Waals surface area contributed by atoms with Crippen LogP contribution in [-0.4, -0.2) is 24.6 Å². The molecule has 6 heteroatoms. The Labute approximate surface area is 153 Å². The topological polar surface area (TPSA) is 64.3 Å². The van der Waals surface area contributed by atoms with E-state index in [1.165, 1.54) is 12.8 Å². The number of carbonyl (C=O) groups excluding carboxylic acids is 1. The number of hydrogen-bond acceptors (Lipinski definition) is 3. The van der Waals surface area contributed by atoms with Crippen molar-refractivity contribution in [3.05, 3.63) is 28.7 Å². The standard InChI is InChI=1S/C17H25BrN2O2.ClH/c1-17(12-19,13-5-6-13)20-16(21)4-2-3-11-22-15-9-7-14(18)8-10-15;/h7-10,13H,2-6,11-12,19H2,1H3,(H,20,21);1H. The summed E-state index contributed by atoms with van der Waals surface area (Å²) in [4.78, 5) is 12.0. The van der Waals surface area contributed by atoms with Crippen molar-refractivity contribution in [2.45, 2.75) is 44.6 Å². The number of nitrogens with one attached hydrogen (secondary N) is 1. The fourth-order valence-corrected chi connectivity index (χ4v) is 2.79. The Bertz CT molecular complexity index is 494. The van der Waals surface area contributed by atoms with Crippen molar-refractivity contribution >= 4 is 34.2 Å². The molecule has 0 spiro atoms. The third-order valence-corrected chi connectivity index (χ3v) is 4.74. The SMILES string of the molecule is CC(CN)(NC(=O)CCCCOc1ccc(Br)cc1)C1CC1.Cl. The first kappa shape index (κ1) is 20.3. The molecule has 23 heavy (non-hydrogen) atoms. The maximum Gasteiger partial charge on any atom is 0.220 e. The first-order chi connectivity index (χ1) is 10.5. The van der Waals surface area contributed by atoms with Crippen LogP contribution in [0.3, 0.4) is 0 Å². The Morgan fingerprint density at radius 1 is 1.35 bits per heavy atom. The molecular formula is C17H26BrClN2O2. The molecule has 1 aromatic rings. The summed E-state index contributed by atoms with van der Waals surface area (Å²) in [7, 11) is 0. The van der Waals surface area contributed by atoms with Crippen LogP contribution in [0.1, 0.15) is 39.0 Å². The largest absolute Gasteiger partial charge is 0.494 e. The van der Waals surface area contributed by atoms with Crippen molar-refractivity contribution in [1.29, 1.82) is 0 Å². The average molecular weight is 406 g/mol. The van der Waals surface area contributed by atoms with E-state index in [9.17, 15) is 4.79 Å². The normalized spacial score (nSPS) is 16.1. The lowest BCUT2D eigenvalue weighted by Gasteiger charge is -2.29. The summed E-state index contributed by atoms with van der Waals surface area (Å²) in [6.45, 7) is 3.20. The van der Waals surface area contributed by atoms with E-state index in [1.54, 1.807) is 0 Å². The lowest BCUT2D eigenvalue weighted by molar-refractivity contribution is -0.123. The first-order valence-electron chi connectivity index (χ1n) is 7.93. The molecule has 0 saturated heterocycles. The number of amides is 1. The summed E-state index contributed by atoms with van der Waals surface area (Å²) in [5.41, 5.74) is 5.59. The highest BCUT2D eigenvalue weighted by Gasteiger charge is 2.41. The second-order valence-electron chi connectivity index (χ2n) is 6.20. The van der Waals surface area contributed by atoms with Gasteiger partial charge in [-0.1, -0.05) is 15.9 Å². The first-order valence-corrected chi connectivity index (χ1v) is 8.72. The van der Waals surface area contributed by atoms with Crippen molar-refractivity contribution in [3.63, 3.8) is 0 Å². The van der Waals surface area contributed by atoms with Crippen molar-refractivity contribution in [2.75, 3.05) is 13.2 Å². The Hall–Kier alpha value is -0.780. The molecule has 0 radical (unpaired) electrons. The maximum atomic E-state index is 12.0. The highest BCUT2D eigenvalue weighted by Crippen LogP contribution is 2.39. The number of benzene rings is 1. The van der Waals surface area contributed by atoms with E-state index in [1.807, 2.05) is 24.3 Å². The van der Waals surface area contributed by atoms with E-state index >= 15 is 0 Å². The number of carbonyl (C=O) groups is 1. The van der Waals surface area contributed by atoms with E-state index in [0.29, 0.717) is 25.5 Å². The van der Waals surface area contributed by atoms with E-state index < -0.39 is 0 Å². The van der Waals surface area contributed by atoms with Gasteiger partial charge < -0.3 is 15.8 Å². The molecule has 0 aromatic heterocycles. The second kappa shape index (κ2) is 9.50. The minimum Gasteiger partial charge on any atom is -0.494 e. The van der Waals surface area contributed by atoms with Crippen molar-refractivity contribution in [2.24, 2.45) is 11.7 Å². The molecule has 1 atom stereocenters. The third-order valence-electron chi connectivity index (χ3n) is 4.21. The zero-order valence-electron chi connectivity index (χ0n) is 13.5. The van der Waals surface area contributed by atoms with E-state index in [0.717, 1.165) is 23.1 Å². The zero-order chi connectivity index (χ0) is 16.0. The van der Waals surface area contributed by atoms with Gasteiger partial charge in [-0.25, -0.2) is 0 Å². The Morgan fingerprint density at radius 2 is 2.00 bits per heavy atom. The van der Waals surface area contributed by atoms with Gasteiger partial charge in [0.1, 0.15) is 5.75 Å². The molecular weight excluding hydrogens is 380 g/mol. The minimum atomic E-state index is -0.217. The third kappa shape index (κ3) is 6.69. The lowest BCUT2D eigenvalue weighted by atomic mass is 9.95. The number of rotatable bonds is 9. The van der Waals surface area contributed by atoms with Crippen molar-refractivity contribution < 1.29 is 9.53 Å². The molecule has 1 aliphatic carbocycles. The summed E-state index contributed by atoms with van der Waals surface area (Å²) in [6.07, 6.45) is 4.58. The van der Waals surface area contributed by atoms with Crippen LogP contribution < -0.4 is 15.8 Å². The molecule has 3 N–H and O–H groups in total. The van der Waals surface area contributed by atoms with Gasteiger partial charge in [0, 0.05) is 17.4 Å². The van der Waals surface area contributed by atoms with Crippen molar-refractivity contribution in [3.8, 4) is 5.75 Å². The van der Waals surface area contributed by atoms with Gasteiger partial charge in [0.15, 0.2) is 0 Å². The predicted octanol–water partition coefficient (Wildman–Crippen LogP) is 3.66. The Kier molecular flexibility index (Phi) is 8.37. The van der Waals surface area contributed by atoms with E-state index in [2.05, 4.69) is 28.2 Å². The van der Waals surface area contributed by atoms with E-state index in [4.69, 9.17) is 10.5 Å². The van der Waals surface area contributed by atoms with Crippen LogP contribution in [0, 0.1) is 5.92 Å². The lowest BCUT2D eigenvalue weighted by Crippen LogP contribution is -2.53. The average Bonchev–Trinajstić information content (AvgIpc) is 3.34. The molecule has 0 bridgehead atoms. The minimum absolute atomic E-state index is 0.